The van der Waals surface area contributed by atoms with E-state index < -0.39 is 11.7 Å². The van der Waals surface area contributed by atoms with Crippen LogP contribution in [0.1, 0.15) is 18.1 Å². The zero-order valence-electron chi connectivity index (χ0n) is 16.0. The molecule has 1 fully saturated rings. The van der Waals surface area contributed by atoms with Crippen molar-refractivity contribution >= 4 is 29.9 Å². The lowest BCUT2D eigenvalue weighted by molar-refractivity contribution is -0.137. The van der Waals surface area contributed by atoms with Crippen LogP contribution in [0.5, 0.6) is 0 Å². The van der Waals surface area contributed by atoms with Gasteiger partial charge < -0.3 is 15.5 Å². The number of benzene rings is 1. The minimum Gasteiger partial charge on any atom is -0.355 e. The Hall–Kier alpha value is -1.07. The van der Waals surface area contributed by atoms with E-state index in [1.807, 2.05) is 0 Å². The summed E-state index contributed by atoms with van der Waals surface area (Å²) in [6, 6.07) is 5.55. The van der Waals surface area contributed by atoms with Gasteiger partial charge in [0.2, 0.25) is 0 Å². The highest BCUT2D eigenvalue weighted by molar-refractivity contribution is 14.0. The average Bonchev–Trinajstić information content (AvgIpc) is 2.62. The molecule has 154 valence electrons. The first kappa shape index (κ1) is 24.0. The standard InChI is InChI=1S/C18H28F3N5.HI/c1-14(26-10-8-25(3)9-11-26)12-23-17(22-2)24-13-15-4-6-16(7-5-15)18(19,20)21;/h4-7,14H,8-13H2,1-3H3,(H2,22,23,24);1H. The average molecular weight is 499 g/mol. The molecule has 0 amide bonds. The lowest BCUT2D eigenvalue weighted by atomic mass is 10.1. The quantitative estimate of drug-likeness (QED) is 0.372. The molecule has 0 spiro atoms. The minimum atomic E-state index is -4.30. The van der Waals surface area contributed by atoms with E-state index in [1.54, 1.807) is 7.05 Å². The van der Waals surface area contributed by atoms with Crippen molar-refractivity contribution < 1.29 is 13.2 Å². The van der Waals surface area contributed by atoms with Gasteiger partial charge in [0, 0.05) is 52.4 Å². The van der Waals surface area contributed by atoms with Crippen molar-refractivity contribution in [3.05, 3.63) is 35.4 Å². The van der Waals surface area contributed by atoms with Crippen molar-refractivity contribution in [1.29, 1.82) is 0 Å². The molecular weight excluding hydrogens is 470 g/mol. The molecule has 1 aromatic rings. The van der Waals surface area contributed by atoms with E-state index in [0.29, 0.717) is 18.5 Å². The van der Waals surface area contributed by atoms with Gasteiger partial charge in [-0.1, -0.05) is 12.1 Å². The minimum absolute atomic E-state index is 0. The third-order valence-corrected chi connectivity index (χ3v) is 4.69. The van der Waals surface area contributed by atoms with Gasteiger partial charge in [-0.05, 0) is 31.7 Å². The molecule has 27 heavy (non-hydrogen) atoms. The monoisotopic (exact) mass is 499 g/mol. The summed E-state index contributed by atoms with van der Waals surface area (Å²) < 4.78 is 37.8. The summed E-state index contributed by atoms with van der Waals surface area (Å²) in [5.74, 6) is 0.644. The molecule has 0 bridgehead atoms. The maximum absolute atomic E-state index is 12.6. The lowest BCUT2D eigenvalue weighted by Gasteiger charge is -2.36. The van der Waals surface area contributed by atoms with Crippen LogP contribution in [0.2, 0.25) is 0 Å². The molecule has 2 N–H and O–H groups in total. The predicted octanol–water partition coefficient (Wildman–Crippen LogP) is 2.62. The van der Waals surface area contributed by atoms with Gasteiger partial charge in [0.1, 0.15) is 0 Å². The molecule has 0 radical (unpaired) electrons. The lowest BCUT2D eigenvalue weighted by Crippen LogP contribution is -2.52. The molecule has 0 aliphatic carbocycles. The normalized spacial score (nSPS) is 17.9. The van der Waals surface area contributed by atoms with Crippen molar-refractivity contribution in [2.45, 2.75) is 25.7 Å². The number of nitrogens with one attached hydrogen (secondary N) is 2. The van der Waals surface area contributed by atoms with Crippen molar-refractivity contribution in [2.24, 2.45) is 4.99 Å². The van der Waals surface area contributed by atoms with Crippen LogP contribution in [0.25, 0.3) is 0 Å². The van der Waals surface area contributed by atoms with E-state index in [-0.39, 0.29) is 24.0 Å². The number of aliphatic imine (C=N–C) groups is 1. The Morgan fingerprint density at radius 3 is 2.22 bits per heavy atom. The fourth-order valence-electron chi connectivity index (χ4n) is 2.85. The number of guanidine groups is 1. The van der Waals surface area contributed by atoms with Crippen LogP contribution in [-0.4, -0.2) is 68.6 Å². The highest BCUT2D eigenvalue weighted by atomic mass is 127. The van der Waals surface area contributed by atoms with Gasteiger partial charge >= 0.3 is 6.18 Å². The fourth-order valence-corrected chi connectivity index (χ4v) is 2.85. The van der Waals surface area contributed by atoms with Crippen LogP contribution < -0.4 is 10.6 Å². The molecule has 1 aliphatic heterocycles. The summed E-state index contributed by atoms with van der Waals surface area (Å²) in [5.41, 5.74) is 0.137. The Kier molecular flexibility index (Phi) is 9.82. The van der Waals surface area contributed by atoms with E-state index in [4.69, 9.17) is 0 Å². The van der Waals surface area contributed by atoms with Gasteiger partial charge in [-0.2, -0.15) is 13.2 Å². The molecule has 1 atom stereocenters. The number of halogens is 4. The molecule has 0 aromatic heterocycles. The summed E-state index contributed by atoms with van der Waals surface area (Å²) in [6.45, 7) is 7.61. The van der Waals surface area contributed by atoms with Crippen LogP contribution in [0.4, 0.5) is 13.2 Å². The Balaban J connectivity index is 0.00000364. The first-order valence-corrected chi connectivity index (χ1v) is 8.83. The number of piperazine rings is 1. The van der Waals surface area contributed by atoms with Crippen molar-refractivity contribution in [1.82, 2.24) is 20.4 Å². The third-order valence-electron chi connectivity index (χ3n) is 4.69. The Labute approximate surface area is 176 Å². The van der Waals surface area contributed by atoms with E-state index in [2.05, 4.69) is 39.4 Å². The zero-order chi connectivity index (χ0) is 19.2. The topological polar surface area (TPSA) is 42.9 Å². The summed E-state index contributed by atoms with van der Waals surface area (Å²) in [6.07, 6.45) is -4.30. The van der Waals surface area contributed by atoms with Gasteiger partial charge in [-0.25, -0.2) is 0 Å². The predicted molar refractivity (Wildman–Crippen MR) is 114 cm³/mol. The van der Waals surface area contributed by atoms with E-state index in [0.717, 1.165) is 50.4 Å². The molecular formula is C18H29F3IN5. The number of hydrogen-bond acceptors (Lipinski definition) is 3. The first-order chi connectivity index (χ1) is 12.3. The molecule has 5 nitrogen and oxygen atoms in total. The molecule has 1 aliphatic rings. The number of nitrogens with zero attached hydrogens (tertiary/aromatic N) is 3. The molecule has 1 unspecified atom stereocenters. The van der Waals surface area contributed by atoms with Crippen molar-refractivity contribution in [2.75, 3.05) is 46.8 Å². The second-order valence-electron chi connectivity index (χ2n) is 6.69. The van der Waals surface area contributed by atoms with E-state index in [1.165, 1.54) is 12.1 Å². The van der Waals surface area contributed by atoms with Crippen molar-refractivity contribution in [3.63, 3.8) is 0 Å². The second-order valence-corrected chi connectivity index (χ2v) is 6.69. The smallest absolute Gasteiger partial charge is 0.355 e. The molecule has 1 saturated heterocycles. The molecule has 0 saturated carbocycles. The third kappa shape index (κ3) is 7.82. The SMILES string of the molecule is CN=C(NCc1ccc(C(F)(F)F)cc1)NCC(C)N1CCN(C)CC1.I. The van der Waals surface area contributed by atoms with Crippen LogP contribution >= 0.6 is 24.0 Å². The highest BCUT2D eigenvalue weighted by Gasteiger charge is 2.29. The fraction of sp³-hybridized carbons (Fsp3) is 0.611. The van der Waals surface area contributed by atoms with Crippen LogP contribution in [0.3, 0.4) is 0 Å². The number of alkyl halides is 3. The van der Waals surface area contributed by atoms with Crippen LogP contribution in [-0.2, 0) is 12.7 Å². The molecule has 2 rings (SSSR count). The van der Waals surface area contributed by atoms with Gasteiger partial charge in [-0.3, -0.25) is 9.89 Å². The number of hydrogen-bond donors (Lipinski definition) is 2. The highest BCUT2D eigenvalue weighted by Crippen LogP contribution is 2.29. The number of rotatable bonds is 5. The van der Waals surface area contributed by atoms with Crippen molar-refractivity contribution in [3.8, 4) is 0 Å². The zero-order valence-corrected chi connectivity index (χ0v) is 18.3. The molecule has 1 aromatic carbocycles. The van der Waals surface area contributed by atoms with Gasteiger partial charge in [0.05, 0.1) is 5.56 Å². The van der Waals surface area contributed by atoms with E-state index >= 15 is 0 Å². The Morgan fingerprint density at radius 2 is 1.70 bits per heavy atom. The Bertz CT molecular complexity index is 584. The van der Waals surface area contributed by atoms with E-state index in [9.17, 15) is 13.2 Å². The summed E-state index contributed by atoms with van der Waals surface area (Å²) in [5, 5.41) is 6.43. The summed E-state index contributed by atoms with van der Waals surface area (Å²) in [7, 11) is 3.82. The largest absolute Gasteiger partial charge is 0.416 e. The molecule has 9 heteroatoms. The van der Waals surface area contributed by atoms with Gasteiger partial charge in [-0.15, -0.1) is 24.0 Å². The van der Waals surface area contributed by atoms with Crippen LogP contribution in [0, 0.1) is 0 Å². The molecule has 1 heterocycles. The second kappa shape index (κ2) is 11.1. The number of likely N-dealkylation sites (N-methyl/N-ethyl adjacent to an activating group) is 1. The van der Waals surface area contributed by atoms with Gasteiger partial charge in [0.15, 0.2) is 5.96 Å². The summed E-state index contributed by atoms with van der Waals surface area (Å²) in [4.78, 5) is 8.94. The maximum Gasteiger partial charge on any atom is 0.416 e. The maximum atomic E-state index is 12.6. The summed E-state index contributed by atoms with van der Waals surface area (Å²) >= 11 is 0. The van der Waals surface area contributed by atoms with Gasteiger partial charge in [0.25, 0.3) is 0 Å². The Morgan fingerprint density at radius 1 is 1.11 bits per heavy atom. The first-order valence-electron chi connectivity index (χ1n) is 8.83. The van der Waals surface area contributed by atoms with Crippen LogP contribution in [0.15, 0.2) is 29.3 Å².